The van der Waals surface area contributed by atoms with Gasteiger partial charge in [-0.3, -0.25) is 9.59 Å². The molecule has 1 aliphatic heterocycles. The summed E-state index contributed by atoms with van der Waals surface area (Å²) in [6, 6.07) is 0.181. The van der Waals surface area contributed by atoms with Gasteiger partial charge in [-0.25, -0.2) is 0 Å². The first kappa shape index (κ1) is 13.4. The number of carboxylic acids is 1. The van der Waals surface area contributed by atoms with E-state index in [1.807, 2.05) is 0 Å². The van der Waals surface area contributed by atoms with Crippen molar-refractivity contribution < 1.29 is 14.7 Å². The van der Waals surface area contributed by atoms with E-state index in [4.69, 9.17) is 5.11 Å². The molecule has 0 aromatic carbocycles. The average Bonchev–Trinajstić information content (AvgIpc) is 2.41. The predicted octanol–water partition coefficient (Wildman–Crippen LogP) is 2.42. The molecule has 102 valence electrons. The Morgan fingerprint density at radius 3 is 2.50 bits per heavy atom. The smallest absolute Gasteiger partial charge is 0.323 e. The summed E-state index contributed by atoms with van der Waals surface area (Å²) in [4.78, 5) is 24.8. The number of aliphatic carboxylic acids is 1. The Bertz CT molecular complexity index is 316. The topological polar surface area (TPSA) is 57.6 Å². The van der Waals surface area contributed by atoms with Crippen molar-refractivity contribution in [2.75, 3.05) is 6.54 Å². The van der Waals surface area contributed by atoms with Crippen molar-refractivity contribution in [2.45, 2.75) is 63.8 Å². The maximum Gasteiger partial charge on any atom is 0.323 e. The minimum absolute atomic E-state index is 0.0520. The summed E-state index contributed by atoms with van der Waals surface area (Å²) in [5, 5.41) is 9.01. The molecule has 4 heteroatoms. The van der Waals surface area contributed by atoms with Crippen LogP contribution in [0.2, 0.25) is 0 Å². The highest BCUT2D eigenvalue weighted by molar-refractivity contribution is 5.81. The normalized spacial score (nSPS) is 30.0. The van der Waals surface area contributed by atoms with E-state index in [1.54, 1.807) is 4.90 Å². The highest BCUT2D eigenvalue weighted by Gasteiger charge is 2.34. The average molecular weight is 253 g/mol. The lowest BCUT2D eigenvalue weighted by molar-refractivity contribution is -0.147. The van der Waals surface area contributed by atoms with Gasteiger partial charge in [0.1, 0.15) is 6.54 Å². The Labute approximate surface area is 108 Å². The van der Waals surface area contributed by atoms with Crippen LogP contribution in [0.5, 0.6) is 0 Å². The van der Waals surface area contributed by atoms with Crippen LogP contribution in [-0.4, -0.2) is 34.5 Å². The summed E-state index contributed by atoms with van der Waals surface area (Å²) >= 11 is 0. The molecule has 2 fully saturated rings. The van der Waals surface area contributed by atoms with E-state index in [1.165, 1.54) is 12.8 Å². The number of carbonyl (C=O) groups excluding carboxylic acids is 1. The SMILES string of the molecule is O=C(O)CN1C(=O)CCCCCC2CCCCC21. The largest absolute Gasteiger partial charge is 0.480 e. The Morgan fingerprint density at radius 2 is 1.78 bits per heavy atom. The number of amides is 1. The standard InChI is InChI=1S/C14H23NO3/c16-13-9-3-1-2-6-11-7-4-5-8-12(11)15(13)10-14(17)18/h11-12H,1-10H2,(H,17,18). The molecule has 2 rings (SSSR count). The third-order valence-electron chi connectivity index (χ3n) is 4.36. The molecule has 1 saturated heterocycles. The second-order valence-corrected chi connectivity index (χ2v) is 5.63. The third-order valence-corrected chi connectivity index (χ3v) is 4.36. The minimum atomic E-state index is -0.882. The second-order valence-electron chi connectivity index (χ2n) is 5.63. The van der Waals surface area contributed by atoms with E-state index in [9.17, 15) is 9.59 Å². The van der Waals surface area contributed by atoms with Crippen molar-refractivity contribution >= 4 is 11.9 Å². The molecule has 0 spiro atoms. The first-order valence-corrected chi connectivity index (χ1v) is 7.20. The summed E-state index contributed by atoms with van der Waals surface area (Å²) in [6.07, 6.45) is 9.41. The van der Waals surface area contributed by atoms with Crippen molar-refractivity contribution in [3.8, 4) is 0 Å². The minimum Gasteiger partial charge on any atom is -0.480 e. The van der Waals surface area contributed by atoms with Crippen LogP contribution in [0.4, 0.5) is 0 Å². The molecule has 1 aliphatic carbocycles. The number of carbonyl (C=O) groups is 2. The van der Waals surface area contributed by atoms with Gasteiger partial charge in [-0.2, -0.15) is 0 Å². The van der Waals surface area contributed by atoms with Crippen molar-refractivity contribution in [3.63, 3.8) is 0 Å². The fourth-order valence-corrected chi connectivity index (χ4v) is 3.47. The van der Waals surface area contributed by atoms with Gasteiger partial charge in [0.05, 0.1) is 0 Å². The summed E-state index contributed by atoms with van der Waals surface area (Å²) in [6.45, 7) is -0.111. The van der Waals surface area contributed by atoms with E-state index in [0.717, 1.165) is 38.5 Å². The zero-order chi connectivity index (χ0) is 13.0. The van der Waals surface area contributed by atoms with Gasteiger partial charge in [-0.05, 0) is 31.6 Å². The first-order chi connectivity index (χ1) is 8.68. The van der Waals surface area contributed by atoms with Gasteiger partial charge in [0.15, 0.2) is 0 Å². The molecule has 2 unspecified atom stereocenters. The molecule has 2 aliphatic rings. The second kappa shape index (κ2) is 6.21. The molecule has 0 bridgehead atoms. The van der Waals surface area contributed by atoms with Gasteiger partial charge in [0.25, 0.3) is 0 Å². The lowest BCUT2D eigenvalue weighted by atomic mass is 9.80. The highest BCUT2D eigenvalue weighted by Crippen LogP contribution is 2.33. The van der Waals surface area contributed by atoms with Crippen molar-refractivity contribution in [1.82, 2.24) is 4.90 Å². The van der Waals surface area contributed by atoms with Crippen LogP contribution < -0.4 is 0 Å². The Hall–Kier alpha value is -1.06. The summed E-state index contributed by atoms with van der Waals surface area (Å²) in [5.74, 6) is -0.303. The van der Waals surface area contributed by atoms with E-state index >= 15 is 0 Å². The molecule has 1 amide bonds. The Kier molecular flexibility index (Phi) is 4.61. The molecule has 0 aromatic rings. The molecule has 2 atom stereocenters. The van der Waals surface area contributed by atoms with Crippen LogP contribution in [0.25, 0.3) is 0 Å². The molecule has 4 nitrogen and oxygen atoms in total. The van der Waals surface area contributed by atoms with Gasteiger partial charge in [-0.15, -0.1) is 0 Å². The van der Waals surface area contributed by atoms with Crippen LogP contribution >= 0.6 is 0 Å². The number of rotatable bonds is 2. The zero-order valence-corrected chi connectivity index (χ0v) is 10.9. The molecule has 0 aromatic heterocycles. The van der Waals surface area contributed by atoms with Gasteiger partial charge in [0.2, 0.25) is 5.91 Å². The van der Waals surface area contributed by atoms with E-state index in [0.29, 0.717) is 12.3 Å². The number of hydrogen-bond donors (Lipinski definition) is 1. The van der Waals surface area contributed by atoms with Crippen molar-refractivity contribution in [1.29, 1.82) is 0 Å². The summed E-state index contributed by atoms with van der Waals surface area (Å²) < 4.78 is 0. The maximum absolute atomic E-state index is 12.2. The fraction of sp³-hybridized carbons (Fsp3) is 0.857. The van der Waals surface area contributed by atoms with Crippen LogP contribution in [-0.2, 0) is 9.59 Å². The lowest BCUT2D eigenvalue weighted by Gasteiger charge is -2.39. The molecular weight excluding hydrogens is 230 g/mol. The van der Waals surface area contributed by atoms with E-state index in [-0.39, 0.29) is 18.5 Å². The van der Waals surface area contributed by atoms with Crippen LogP contribution in [0.3, 0.4) is 0 Å². The van der Waals surface area contributed by atoms with Crippen LogP contribution in [0, 0.1) is 5.92 Å². The van der Waals surface area contributed by atoms with Gasteiger partial charge < -0.3 is 10.0 Å². The van der Waals surface area contributed by atoms with Crippen molar-refractivity contribution in [3.05, 3.63) is 0 Å². The summed E-state index contributed by atoms with van der Waals surface area (Å²) in [5.41, 5.74) is 0. The molecular formula is C14H23NO3. The first-order valence-electron chi connectivity index (χ1n) is 7.20. The maximum atomic E-state index is 12.2. The Balaban J connectivity index is 2.15. The quantitative estimate of drug-likeness (QED) is 0.822. The molecule has 18 heavy (non-hydrogen) atoms. The molecule has 0 radical (unpaired) electrons. The van der Waals surface area contributed by atoms with Gasteiger partial charge >= 0.3 is 5.97 Å². The third kappa shape index (κ3) is 3.24. The Morgan fingerprint density at radius 1 is 1.11 bits per heavy atom. The number of carboxylic acid groups (broad SMARTS) is 1. The number of hydrogen-bond acceptors (Lipinski definition) is 2. The van der Waals surface area contributed by atoms with Gasteiger partial charge in [0, 0.05) is 12.5 Å². The van der Waals surface area contributed by atoms with Crippen molar-refractivity contribution in [2.24, 2.45) is 5.92 Å². The predicted molar refractivity (Wildman–Crippen MR) is 68.2 cm³/mol. The zero-order valence-electron chi connectivity index (χ0n) is 10.9. The van der Waals surface area contributed by atoms with Crippen LogP contribution in [0.15, 0.2) is 0 Å². The van der Waals surface area contributed by atoms with E-state index in [2.05, 4.69) is 0 Å². The molecule has 1 saturated carbocycles. The molecule has 1 N–H and O–H groups in total. The van der Waals surface area contributed by atoms with E-state index < -0.39 is 5.97 Å². The number of nitrogens with zero attached hydrogens (tertiary/aromatic N) is 1. The molecule has 1 heterocycles. The lowest BCUT2D eigenvalue weighted by Crippen LogP contribution is -2.48. The number of fused-ring (bicyclic) bond motifs is 1. The van der Waals surface area contributed by atoms with Gasteiger partial charge in [-0.1, -0.05) is 25.7 Å². The van der Waals surface area contributed by atoms with Crippen LogP contribution in [0.1, 0.15) is 57.8 Å². The fourth-order valence-electron chi connectivity index (χ4n) is 3.47. The monoisotopic (exact) mass is 253 g/mol. The summed E-state index contributed by atoms with van der Waals surface area (Å²) in [7, 11) is 0. The highest BCUT2D eigenvalue weighted by atomic mass is 16.4.